The summed E-state index contributed by atoms with van der Waals surface area (Å²) in [5, 5.41) is 11.9. The summed E-state index contributed by atoms with van der Waals surface area (Å²) in [6.07, 6.45) is 0. The number of hydrogen-bond donors (Lipinski definition) is 2. The molecular weight excluding hydrogens is 306 g/mol. The molecule has 0 amide bonds. The molecule has 0 heterocycles. The maximum absolute atomic E-state index is 11.2. The maximum atomic E-state index is 11.2. The largest absolute Gasteiger partial charge is 0.478 e. The van der Waals surface area contributed by atoms with Gasteiger partial charge in [0, 0.05) is 39.0 Å². The molecule has 0 spiro atoms. The summed E-state index contributed by atoms with van der Waals surface area (Å²) >= 11 is 3.20. The fraction of sp³-hybridized carbons (Fsp3) is 0.364. The second-order valence-electron chi connectivity index (χ2n) is 3.36. The van der Waals surface area contributed by atoms with Crippen LogP contribution in [0.4, 0.5) is 5.69 Å². The number of anilines is 1. The van der Waals surface area contributed by atoms with E-state index in [-0.39, 0.29) is 5.56 Å². The molecule has 2 N–H and O–H groups in total. The third-order valence-corrected chi connectivity index (χ3v) is 4.14. The Balaban J connectivity index is 2.59. The van der Waals surface area contributed by atoms with E-state index in [0.717, 1.165) is 5.69 Å². The van der Waals surface area contributed by atoms with Crippen LogP contribution in [0.3, 0.4) is 0 Å². The second kappa shape index (κ2) is 6.76. The summed E-state index contributed by atoms with van der Waals surface area (Å²) in [6, 6.07) is 4.94. The summed E-state index contributed by atoms with van der Waals surface area (Å²) in [4.78, 5) is 10.8. The maximum Gasteiger partial charge on any atom is 0.336 e. The van der Waals surface area contributed by atoms with Crippen LogP contribution in [0.1, 0.15) is 17.3 Å². The molecule has 6 heteroatoms. The van der Waals surface area contributed by atoms with Crippen LogP contribution in [-0.4, -0.2) is 33.3 Å². The highest BCUT2D eigenvalue weighted by Gasteiger charge is 2.08. The van der Waals surface area contributed by atoms with E-state index >= 15 is 0 Å². The van der Waals surface area contributed by atoms with Crippen LogP contribution in [0.2, 0.25) is 0 Å². The fourth-order valence-corrected chi connectivity index (χ4v) is 2.42. The van der Waals surface area contributed by atoms with Gasteiger partial charge in [-0.1, -0.05) is 6.92 Å². The van der Waals surface area contributed by atoms with E-state index in [2.05, 4.69) is 21.2 Å². The Bertz CT molecular complexity index is 437. The third kappa shape index (κ3) is 4.47. The van der Waals surface area contributed by atoms with E-state index in [0.29, 0.717) is 22.5 Å². The Morgan fingerprint density at radius 3 is 2.76 bits per heavy atom. The molecule has 4 nitrogen and oxygen atoms in total. The number of nitrogens with one attached hydrogen (secondary N) is 1. The van der Waals surface area contributed by atoms with Gasteiger partial charge < -0.3 is 10.4 Å². The van der Waals surface area contributed by atoms with Gasteiger partial charge in [0.25, 0.3) is 0 Å². The van der Waals surface area contributed by atoms with E-state index in [1.165, 1.54) is 6.07 Å². The monoisotopic (exact) mass is 319 g/mol. The number of carbonyl (C=O) groups is 1. The van der Waals surface area contributed by atoms with Crippen molar-refractivity contribution in [3.63, 3.8) is 0 Å². The number of carboxylic acids is 1. The van der Waals surface area contributed by atoms with E-state index in [1.54, 1.807) is 12.1 Å². The zero-order valence-electron chi connectivity index (χ0n) is 9.40. The molecule has 0 aliphatic carbocycles. The van der Waals surface area contributed by atoms with Gasteiger partial charge in [-0.3, -0.25) is 4.21 Å². The van der Waals surface area contributed by atoms with Gasteiger partial charge in [0.15, 0.2) is 0 Å². The first-order valence-electron chi connectivity index (χ1n) is 5.16. The lowest BCUT2D eigenvalue weighted by atomic mass is 10.2. The molecule has 0 fully saturated rings. The van der Waals surface area contributed by atoms with Crippen molar-refractivity contribution in [1.82, 2.24) is 0 Å². The Hall–Kier alpha value is -0.880. The first-order valence-corrected chi connectivity index (χ1v) is 7.44. The van der Waals surface area contributed by atoms with Crippen molar-refractivity contribution in [3.8, 4) is 0 Å². The number of rotatable bonds is 6. The van der Waals surface area contributed by atoms with Crippen LogP contribution in [-0.2, 0) is 10.8 Å². The minimum atomic E-state index is -0.962. The molecule has 0 bridgehead atoms. The van der Waals surface area contributed by atoms with Crippen LogP contribution < -0.4 is 5.32 Å². The van der Waals surface area contributed by atoms with Crippen molar-refractivity contribution in [2.24, 2.45) is 0 Å². The second-order valence-corrected chi connectivity index (χ2v) is 6.08. The summed E-state index contributed by atoms with van der Waals surface area (Å²) < 4.78 is 11.7. The third-order valence-electron chi connectivity index (χ3n) is 2.18. The molecule has 0 aliphatic rings. The molecule has 1 rings (SSSR count). The number of hydrogen-bond acceptors (Lipinski definition) is 3. The molecule has 1 aromatic rings. The van der Waals surface area contributed by atoms with Crippen molar-refractivity contribution in [1.29, 1.82) is 0 Å². The van der Waals surface area contributed by atoms with Crippen molar-refractivity contribution in [2.45, 2.75) is 6.92 Å². The minimum absolute atomic E-state index is 0.229. The van der Waals surface area contributed by atoms with Gasteiger partial charge in [-0.2, -0.15) is 0 Å². The van der Waals surface area contributed by atoms with Crippen molar-refractivity contribution >= 4 is 38.4 Å². The Labute approximate surface area is 111 Å². The molecule has 0 aliphatic heterocycles. The van der Waals surface area contributed by atoms with Crippen molar-refractivity contribution in [2.75, 3.05) is 23.4 Å². The first-order chi connectivity index (χ1) is 8.04. The number of halogens is 1. The highest BCUT2D eigenvalue weighted by molar-refractivity contribution is 9.10. The highest BCUT2D eigenvalue weighted by Crippen LogP contribution is 2.21. The first kappa shape index (κ1) is 14.2. The van der Waals surface area contributed by atoms with Gasteiger partial charge in [0.2, 0.25) is 0 Å². The summed E-state index contributed by atoms with van der Waals surface area (Å²) in [5.41, 5.74) is 1.04. The van der Waals surface area contributed by atoms with Crippen LogP contribution in [0.15, 0.2) is 22.7 Å². The summed E-state index contributed by atoms with van der Waals surface area (Å²) in [7, 11) is -0.786. The van der Waals surface area contributed by atoms with Gasteiger partial charge in [-0.15, -0.1) is 0 Å². The smallest absolute Gasteiger partial charge is 0.336 e. The molecule has 0 saturated heterocycles. The molecule has 1 aromatic carbocycles. The normalized spacial score (nSPS) is 12.1. The average Bonchev–Trinajstić information content (AvgIpc) is 2.28. The Morgan fingerprint density at radius 1 is 1.53 bits per heavy atom. The van der Waals surface area contributed by atoms with Crippen molar-refractivity contribution < 1.29 is 14.1 Å². The highest BCUT2D eigenvalue weighted by atomic mass is 79.9. The molecule has 1 atom stereocenters. The topological polar surface area (TPSA) is 66.4 Å². The standard InChI is InChI=1S/C11H14BrNO3S/c1-2-17(16)6-5-13-8-3-4-9(11(14)15)10(12)7-8/h3-4,7,13H,2,5-6H2,1H3,(H,14,15). The number of benzene rings is 1. The molecular formula is C11H14BrNO3S. The van der Waals surface area contributed by atoms with Crippen LogP contribution >= 0.6 is 15.9 Å². The van der Waals surface area contributed by atoms with E-state index in [1.807, 2.05) is 6.92 Å². The SMILES string of the molecule is CCS(=O)CCNc1ccc(C(=O)O)c(Br)c1. The molecule has 17 heavy (non-hydrogen) atoms. The lowest BCUT2D eigenvalue weighted by Crippen LogP contribution is -2.12. The van der Waals surface area contributed by atoms with Crippen LogP contribution in [0.25, 0.3) is 0 Å². The van der Waals surface area contributed by atoms with Gasteiger partial charge in [-0.05, 0) is 34.1 Å². The molecule has 0 aromatic heterocycles. The Morgan fingerprint density at radius 2 is 2.24 bits per heavy atom. The van der Waals surface area contributed by atoms with Gasteiger partial charge >= 0.3 is 5.97 Å². The Kier molecular flexibility index (Phi) is 5.64. The molecule has 0 radical (unpaired) electrons. The lowest BCUT2D eigenvalue weighted by molar-refractivity contribution is 0.0696. The van der Waals surface area contributed by atoms with Gasteiger partial charge in [0.1, 0.15) is 0 Å². The zero-order valence-corrected chi connectivity index (χ0v) is 11.8. The predicted octanol–water partition coefficient (Wildman–Crippen LogP) is 2.33. The summed E-state index contributed by atoms with van der Waals surface area (Å²) in [6.45, 7) is 2.49. The summed E-state index contributed by atoms with van der Waals surface area (Å²) in [5.74, 6) is 0.286. The number of carboxylic acid groups (broad SMARTS) is 1. The minimum Gasteiger partial charge on any atom is -0.478 e. The number of aromatic carboxylic acids is 1. The van der Waals surface area contributed by atoms with Gasteiger partial charge in [0.05, 0.1) is 5.56 Å². The van der Waals surface area contributed by atoms with Gasteiger partial charge in [-0.25, -0.2) is 4.79 Å². The van der Waals surface area contributed by atoms with E-state index < -0.39 is 16.8 Å². The van der Waals surface area contributed by atoms with E-state index in [4.69, 9.17) is 5.11 Å². The quantitative estimate of drug-likeness (QED) is 0.844. The average molecular weight is 320 g/mol. The van der Waals surface area contributed by atoms with E-state index in [9.17, 15) is 9.00 Å². The lowest BCUT2D eigenvalue weighted by Gasteiger charge is -2.07. The van der Waals surface area contributed by atoms with Crippen LogP contribution in [0.5, 0.6) is 0 Å². The molecule has 1 unspecified atom stereocenters. The van der Waals surface area contributed by atoms with Crippen LogP contribution in [0, 0.1) is 0 Å². The predicted molar refractivity (Wildman–Crippen MR) is 73.1 cm³/mol. The van der Waals surface area contributed by atoms with Crippen molar-refractivity contribution in [3.05, 3.63) is 28.2 Å². The molecule has 94 valence electrons. The fourth-order valence-electron chi connectivity index (χ4n) is 1.25. The zero-order chi connectivity index (χ0) is 12.8. The molecule has 0 saturated carbocycles.